The van der Waals surface area contributed by atoms with E-state index < -0.39 is 0 Å². The Bertz CT molecular complexity index is 736. The van der Waals surface area contributed by atoms with Crippen LogP contribution in [-0.2, 0) is 0 Å². The molecule has 4 nitrogen and oxygen atoms in total. The molecule has 0 fully saturated rings. The minimum Gasteiger partial charge on any atom is -0.298 e. The summed E-state index contributed by atoms with van der Waals surface area (Å²) < 4.78 is 2.55. The van der Waals surface area contributed by atoms with E-state index in [1.807, 2.05) is 24.3 Å². The number of rotatable bonds is 2. The second-order valence-corrected chi connectivity index (χ2v) is 4.65. The lowest BCUT2D eigenvalue weighted by molar-refractivity contribution is 0.112. The number of carbonyl (C=O) groups excluding carboxylic acids is 1. The number of halogens is 1. The van der Waals surface area contributed by atoms with E-state index in [4.69, 9.17) is 0 Å². The van der Waals surface area contributed by atoms with Crippen LogP contribution in [0.25, 0.3) is 17.0 Å². The van der Waals surface area contributed by atoms with Gasteiger partial charge in [-0.05, 0) is 24.3 Å². The van der Waals surface area contributed by atoms with E-state index in [0.29, 0.717) is 17.0 Å². The first-order chi connectivity index (χ1) is 8.78. The fourth-order valence-corrected chi connectivity index (χ4v) is 2.19. The third-order valence-corrected chi connectivity index (χ3v) is 3.30. The summed E-state index contributed by atoms with van der Waals surface area (Å²) in [5.41, 5.74) is 2.21. The van der Waals surface area contributed by atoms with Crippen molar-refractivity contribution in [1.29, 1.82) is 0 Å². The normalized spacial score (nSPS) is 10.7. The van der Waals surface area contributed by atoms with Crippen molar-refractivity contribution < 1.29 is 4.79 Å². The molecule has 0 unspecified atom stereocenters. The lowest BCUT2D eigenvalue weighted by atomic mass is 10.2. The molecule has 0 radical (unpaired) electrons. The molecule has 0 atom stereocenters. The molecule has 3 rings (SSSR count). The number of aldehydes is 1. The number of carbonyl (C=O) groups is 1. The van der Waals surface area contributed by atoms with Crippen molar-refractivity contribution in [3.63, 3.8) is 0 Å². The van der Waals surface area contributed by atoms with E-state index in [1.54, 1.807) is 22.8 Å². The van der Waals surface area contributed by atoms with Crippen LogP contribution in [0.15, 0.2) is 47.1 Å². The first-order valence-corrected chi connectivity index (χ1v) is 6.14. The molecular formula is C13H8BrN3O. The van der Waals surface area contributed by atoms with Gasteiger partial charge < -0.3 is 0 Å². The molecule has 0 spiro atoms. The van der Waals surface area contributed by atoms with Crippen LogP contribution >= 0.6 is 15.9 Å². The number of fused-ring (bicyclic) bond motifs is 1. The van der Waals surface area contributed by atoms with E-state index in [1.165, 1.54) is 0 Å². The number of hydrogen-bond donors (Lipinski definition) is 0. The largest absolute Gasteiger partial charge is 0.298 e. The number of nitrogens with zero attached hydrogens (tertiary/aromatic N) is 3. The van der Waals surface area contributed by atoms with Crippen LogP contribution in [-0.4, -0.2) is 20.9 Å². The van der Waals surface area contributed by atoms with Crippen LogP contribution in [0.1, 0.15) is 10.4 Å². The fourth-order valence-electron chi connectivity index (χ4n) is 1.73. The van der Waals surface area contributed by atoms with E-state index in [-0.39, 0.29) is 0 Å². The molecule has 88 valence electrons. The average Bonchev–Trinajstić information content (AvgIpc) is 2.81. The fraction of sp³-hybridized carbons (Fsp3) is 0. The maximum Gasteiger partial charge on any atom is 0.183 e. The maximum absolute atomic E-state index is 10.7. The van der Waals surface area contributed by atoms with Crippen molar-refractivity contribution in [3.05, 3.63) is 52.6 Å². The Morgan fingerprint density at radius 1 is 1.17 bits per heavy atom. The molecule has 0 aliphatic carbocycles. The van der Waals surface area contributed by atoms with Gasteiger partial charge in [-0.1, -0.05) is 28.1 Å². The molecule has 0 saturated carbocycles. The zero-order valence-electron chi connectivity index (χ0n) is 9.25. The molecule has 5 heteroatoms. The Labute approximate surface area is 111 Å². The van der Waals surface area contributed by atoms with E-state index in [0.717, 1.165) is 16.3 Å². The van der Waals surface area contributed by atoms with Gasteiger partial charge in [0, 0.05) is 21.8 Å². The summed E-state index contributed by atoms with van der Waals surface area (Å²) in [7, 11) is 0. The Kier molecular flexibility index (Phi) is 2.68. The van der Waals surface area contributed by atoms with E-state index in [9.17, 15) is 4.79 Å². The molecule has 18 heavy (non-hydrogen) atoms. The van der Waals surface area contributed by atoms with Gasteiger partial charge in [-0.15, -0.1) is 5.10 Å². The first kappa shape index (κ1) is 11.1. The molecule has 2 heterocycles. The SMILES string of the molecule is O=Cc1ccc2nc(-c3ccccc3Br)nn2c1. The van der Waals surface area contributed by atoms with Crippen molar-refractivity contribution in [2.75, 3.05) is 0 Å². The molecule has 2 aromatic heterocycles. The molecule has 0 N–H and O–H groups in total. The summed E-state index contributed by atoms with van der Waals surface area (Å²) in [5, 5.41) is 4.37. The number of pyridine rings is 1. The standard InChI is InChI=1S/C13H8BrN3O/c14-11-4-2-1-3-10(11)13-15-12-6-5-9(8-18)7-17(12)16-13/h1-8H. The zero-order chi connectivity index (χ0) is 12.5. The third-order valence-electron chi connectivity index (χ3n) is 2.60. The summed E-state index contributed by atoms with van der Waals surface area (Å²) in [4.78, 5) is 15.1. The van der Waals surface area contributed by atoms with Gasteiger partial charge in [-0.25, -0.2) is 9.50 Å². The molecule has 0 amide bonds. The van der Waals surface area contributed by atoms with Crippen molar-refractivity contribution >= 4 is 27.9 Å². The molecular weight excluding hydrogens is 294 g/mol. The Balaban J connectivity index is 2.19. The summed E-state index contributed by atoms with van der Waals surface area (Å²) >= 11 is 3.47. The van der Waals surface area contributed by atoms with Crippen molar-refractivity contribution in [1.82, 2.24) is 14.6 Å². The summed E-state index contributed by atoms with van der Waals surface area (Å²) in [6.45, 7) is 0. The highest BCUT2D eigenvalue weighted by Crippen LogP contribution is 2.25. The lowest BCUT2D eigenvalue weighted by Crippen LogP contribution is -1.90. The van der Waals surface area contributed by atoms with Crippen LogP contribution in [0.4, 0.5) is 0 Å². The quantitative estimate of drug-likeness (QED) is 0.684. The van der Waals surface area contributed by atoms with Crippen LogP contribution in [0, 0.1) is 0 Å². The van der Waals surface area contributed by atoms with Crippen LogP contribution in [0.3, 0.4) is 0 Å². The van der Waals surface area contributed by atoms with Crippen LogP contribution in [0.2, 0.25) is 0 Å². The first-order valence-electron chi connectivity index (χ1n) is 5.34. The Morgan fingerprint density at radius 3 is 2.78 bits per heavy atom. The minimum atomic E-state index is 0.575. The summed E-state index contributed by atoms with van der Waals surface area (Å²) in [5.74, 6) is 0.630. The number of hydrogen-bond acceptors (Lipinski definition) is 3. The van der Waals surface area contributed by atoms with Gasteiger partial charge in [0.05, 0.1) is 0 Å². The highest BCUT2D eigenvalue weighted by atomic mass is 79.9. The van der Waals surface area contributed by atoms with Gasteiger partial charge in [0.15, 0.2) is 17.8 Å². The lowest BCUT2D eigenvalue weighted by Gasteiger charge is -1.96. The minimum absolute atomic E-state index is 0.575. The van der Waals surface area contributed by atoms with Gasteiger partial charge in [0.1, 0.15) is 0 Å². The number of aromatic nitrogens is 3. The predicted molar refractivity (Wildman–Crippen MR) is 71.5 cm³/mol. The van der Waals surface area contributed by atoms with Crippen molar-refractivity contribution in [3.8, 4) is 11.4 Å². The summed E-state index contributed by atoms with van der Waals surface area (Å²) in [6.07, 6.45) is 2.45. The Morgan fingerprint density at radius 2 is 2.00 bits per heavy atom. The van der Waals surface area contributed by atoms with Gasteiger partial charge in [-0.2, -0.15) is 0 Å². The van der Waals surface area contributed by atoms with Gasteiger partial charge in [-0.3, -0.25) is 4.79 Å². The predicted octanol–water partition coefficient (Wildman–Crippen LogP) is 2.97. The zero-order valence-corrected chi connectivity index (χ0v) is 10.8. The number of benzene rings is 1. The second kappa shape index (κ2) is 4.34. The average molecular weight is 302 g/mol. The molecule has 0 saturated heterocycles. The van der Waals surface area contributed by atoms with Gasteiger partial charge >= 0.3 is 0 Å². The molecule has 3 aromatic rings. The Hall–Kier alpha value is -2.01. The molecule has 1 aromatic carbocycles. The van der Waals surface area contributed by atoms with Crippen LogP contribution < -0.4 is 0 Å². The van der Waals surface area contributed by atoms with Crippen molar-refractivity contribution in [2.45, 2.75) is 0 Å². The van der Waals surface area contributed by atoms with Crippen LogP contribution in [0.5, 0.6) is 0 Å². The molecule has 0 aliphatic heterocycles. The second-order valence-electron chi connectivity index (χ2n) is 3.80. The third kappa shape index (κ3) is 1.82. The van der Waals surface area contributed by atoms with Crippen molar-refractivity contribution in [2.24, 2.45) is 0 Å². The molecule has 0 aliphatic rings. The molecule has 0 bridgehead atoms. The topological polar surface area (TPSA) is 47.3 Å². The van der Waals surface area contributed by atoms with E-state index in [2.05, 4.69) is 26.0 Å². The maximum atomic E-state index is 10.7. The smallest absolute Gasteiger partial charge is 0.183 e. The van der Waals surface area contributed by atoms with Gasteiger partial charge in [0.25, 0.3) is 0 Å². The highest BCUT2D eigenvalue weighted by molar-refractivity contribution is 9.10. The highest BCUT2D eigenvalue weighted by Gasteiger charge is 2.09. The van der Waals surface area contributed by atoms with Gasteiger partial charge in [0.2, 0.25) is 0 Å². The summed E-state index contributed by atoms with van der Waals surface area (Å²) in [6, 6.07) is 11.3. The van der Waals surface area contributed by atoms with E-state index >= 15 is 0 Å². The monoisotopic (exact) mass is 301 g/mol.